The molecule has 1 aliphatic carbocycles. The molecule has 3 nitrogen and oxygen atoms in total. The van der Waals surface area contributed by atoms with Gasteiger partial charge in [0, 0.05) is 0 Å². The average Bonchev–Trinajstić information content (AvgIpc) is 2.48. The molecule has 2 rings (SSSR count). The standard InChI is InChI=1S/C15H16F3IO3S/c1-12-8-6-7-11-14(12,2)19(13-9-4-3-5-10-13)22-23(20,21)15(16,17)18/h3-12H,1-2H3. The van der Waals surface area contributed by atoms with Crippen LogP contribution in [-0.4, -0.2) is 17.3 Å². The molecule has 0 saturated carbocycles. The average molecular weight is 460 g/mol. The molecule has 0 saturated heterocycles. The number of alkyl halides is 4. The van der Waals surface area contributed by atoms with Gasteiger partial charge in [-0.3, -0.25) is 0 Å². The van der Waals surface area contributed by atoms with Gasteiger partial charge < -0.3 is 0 Å². The van der Waals surface area contributed by atoms with Crippen LogP contribution < -0.4 is 0 Å². The molecule has 0 bridgehead atoms. The van der Waals surface area contributed by atoms with Gasteiger partial charge in [-0.2, -0.15) is 0 Å². The number of rotatable bonds is 4. The van der Waals surface area contributed by atoms with E-state index in [0.717, 1.165) is 0 Å². The van der Waals surface area contributed by atoms with Crippen LogP contribution in [0.2, 0.25) is 0 Å². The van der Waals surface area contributed by atoms with Crippen molar-refractivity contribution in [3.8, 4) is 0 Å². The third kappa shape index (κ3) is 3.80. The first-order chi connectivity index (χ1) is 10.6. The van der Waals surface area contributed by atoms with Crippen LogP contribution in [0.25, 0.3) is 0 Å². The molecule has 2 atom stereocenters. The first kappa shape index (κ1) is 18.5. The Labute approximate surface area is 141 Å². The van der Waals surface area contributed by atoms with Gasteiger partial charge in [0.2, 0.25) is 0 Å². The Morgan fingerprint density at radius 3 is 2.30 bits per heavy atom. The van der Waals surface area contributed by atoms with Crippen molar-refractivity contribution in [2.75, 3.05) is 0 Å². The summed E-state index contributed by atoms with van der Waals surface area (Å²) in [5.41, 5.74) is -5.43. The van der Waals surface area contributed by atoms with E-state index in [1.165, 1.54) is 0 Å². The van der Waals surface area contributed by atoms with E-state index in [0.29, 0.717) is 3.57 Å². The van der Waals surface area contributed by atoms with Gasteiger partial charge in [0.15, 0.2) is 0 Å². The maximum absolute atomic E-state index is 12.8. The Kier molecular flexibility index (Phi) is 5.27. The molecule has 0 fully saturated rings. The van der Waals surface area contributed by atoms with Gasteiger partial charge >= 0.3 is 141 Å². The normalized spacial score (nSPS) is 25.4. The molecule has 0 heterocycles. The van der Waals surface area contributed by atoms with E-state index >= 15 is 0 Å². The van der Waals surface area contributed by atoms with E-state index in [2.05, 4.69) is 0 Å². The van der Waals surface area contributed by atoms with E-state index in [4.69, 9.17) is 2.51 Å². The molecular formula is C15H16F3IO3S. The number of allylic oxidation sites excluding steroid dienone is 4. The predicted molar refractivity (Wildman–Crippen MR) is 91.1 cm³/mol. The molecule has 1 aromatic rings. The quantitative estimate of drug-likeness (QED) is 0.373. The fourth-order valence-electron chi connectivity index (χ4n) is 2.02. The van der Waals surface area contributed by atoms with Crippen molar-refractivity contribution in [2.45, 2.75) is 22.8 Å². The number of hydrogen-bond acceptors (Lipinski definition) is 3. The third-order valence-electron chi connectivity index (χ3n) is 3.55. The zero-order valence-electron chi connectivity index (χ0n) is 12.4. The van der Waals surface area contributed by atoms with Crippen molar-refractivity contribution in [3.63, 3.8) is 0 Å². The van der Waals surface area contributed by atoms with Crippen LogP contribution in [0.4, 0.5) is 13.2 Å². The first-order valence-corrected chi connectivity index (χ1v) is 11.1. The Morgan fingerprint density at radius 1 is 1.17 bits per heavy atom. The summed E-state index contributed by atoms with van der Waals surface area (Å²) < 4.78 is 66.1. The summed E-state index contributed by atoms with van der Waals surface area (Å²) in [6.45, 7) is 3.60. The van der Waals surface area contributed by atoms with E-state index in [1.54, 1.807) is 55.5 Å². The van der Waals surface area contributed by atoms with Gasteiger partial charge in [0.05, 0.1) is 0 Å². The van der Waals surface area contributed by atoms with Gasteiger partial charge in [0.25, 0.3) is 0 Å². The fraction of sp³-hybridized carbons (Fsp3) is 0.333. The van der Waals surface area contributed by atoms with Crippen LogP contribution in [0.15, 0.2) is 54.6 Å². The summed E-state index contributed by atoms with van der Waals surface area (Å²) in [5.74, 6) is -0.138. The molecule has 0 radical (unpaired) electrons. The van der Waals surface area contributed by atoms with Crippen LogP contribution in [0.5, 0.6) is 0 Å². The molecule has 1 aromatic carbocycles. The molecule has 1 aliphatic rings. The van der Waals surface area contributed by atoms with Gasteiger partial charge in [-0.25, -0.2) is 0 Å². The number of benzene rings is 1. The molecule has 8 heteroatoms. The summed E-state index contributed by atoms with van der Waals surface area (Å²) in [7, 11) is -5.64. The fourth-order valence-corrected chi connectivity index (χ4v) is 10.3. The van der Waals surface area contributed by atoms with Crippen molar-refractivity contribution >= 4 is 30.4 Å². The Morgan fingerprint density at radius 2 is 1.78 bits per heavy atom. The summed E-state index contributed by atoms with van der Waals surface area (Å²) in [4.78, 5) is 0. The Bertz CT molecular complexity index is 713. The topological polar surface area (TPSA) is 43.4 Å². The zero-order chi connectivity index (χ0) is 17.3. The van der Waals surface area contributed by atoms with Crippen LogP contribution >= 0.6 is 20.2 Å². The van der Waals surface area contributed by atoms with Crippen molar-refractivity contribution in [1.29, 1.82) is 0 Å². The minimum atomic E-state index is -5.64. The maximum atomic E-state index is 12.8. The van der Waals surface area contributed by atoms with Crippen molar-refractivity contribution in [1.82, 2.24) is 0 Å². The molecule has 0 N–H and O–H groups in total. The van der Waals surface area contributed by atoms with Crippen molar-refractivity contribution < 1.29 is 24.1 Å². The number of halogens is 4. The van der Waals surface area contributed by atoms with Gasteiger partial charge in [-0.05, 0) is 0 Å². The monoisotopic (exact) mass is 460 g/mol. The molecule has 23 heavy (non-hydrogen) atoms. The van der Waals surface area contributed by atoms with E-state index in [-0.39, 0.29) is 5.92 Å². The molecule has 0 aromatic heterocycles. The Balaban J connectivity index is 2.50. The number of hydrogen-bond donors (Lipinski definition) is 0. The van der Waals surface area contributed by atoms with E-state index in [1.807, 2.05) is 13.0 Å². The summed E-state index contributed by atoms with van der Waals surface area (Å²) in [6.07, 6.45) is 7.11. The zero-order valence-corrected chi connectivity index (χ0v) is 15.4. The van der Waals surface area contributed by atoms with E-state index < -0.39 is 39.3 Å². The third-order valence-corrected chi connectivity index (χ3v) is 12.2. The molecule has 0 amide bonds. The molecule has 0 spiro atoms. The SMILES string of the molecule is CC1C=CC=CC1(C)I(OS(=O)(=O)C(F)(F)F)c1ccccc1. The molecule has 128 valence electrons. The van der Waals surface area contributed by atoms with Crippen LogP contribution in [0.1, 0.15) is 13.8 Å². The molecule has 2 unspecified atom stereocenters. The van der Waals surface area contributed by atoms with Crippen LogP contribution in [0, 0.1) is 9.49 Å². The van der Waals surface area contributed by atoms with Gasteiger partial charge in [0.1, 0.15) is 0 Å². The van der Waals surface area contributed by atoms with Gasteiger partial charge in [-0.1, -0.05) is 0 Å². The van der Waals surface area contributed by atoms with E-state index in [9.17, 15) is 21.6 Å². The Hall–Kier alpha value is -0.870. The molecular weight excluding hydrogens is 444 g/mol. The van der Waals surface area contributed by atoms with Crippen molar-refractivity contribution in [3.05, 3.63) is 58.2 Å². The second-order valence-corrected chi connectivity index (χ2v) is 12.8. The van der Waals surface area contributed by atoms with Crippen LogP contribution in [-0.2, 0) is 12.6 Å². The minimum absolute atomic E-state index is 0.138. The summed E-state index contributed by atoms with van der Waals surface area (Å²) >= 11 is -3.24. The summed E-state index contributed by atoms with van der Waals surface area (Å²) in [6, 6.07) is 8.31. The second-order valence-electron chi connectivity index (χ2n) is 5.19. The van der Waals surface area contributed by atoms with Gasteiger partial charge in [-0.15, -0.1) is 0 Å². The molecule has 0 aliphatic heterocycles. The summed E-state index contributed by atoms with van der Waals surface area (Å²) in [5, 5.41) is 0. The second kappa shape index (κ2) is 6.56. The first-order valence-electron chi connectivity index (χ1n) is 6.70. The predicted octanol–water partition coefficient (Wildman–Crippen LogP) is 4.66. The van der Waals surface area contributed by atoms with Crippen molar-refractivity contribution in [2.24, 2.45) is 5.92 Å². The van der Waals surface area contributed by atoms with Crippen LogP contribution in [0.3, 0.4) is 0 Å².